The molecule has 3 rings (SSSR count). The number of carbonyl (C=O) groups is 1. The van der Waals surface area contributed by atoms with Crippen LogP contribution in [0.5, 0.6) is 5.75 Å². The number of anilines is 1. The number of methoxy groups -OCH3 is 1. The monoisotopic (exact) mass is 469 g/mol. The summed E-state index contributed by atoms with van der Waals surface area (Å²) in [4.78, 5) is 18.2. The number of ether oxygens (including phenoxy) is 1. The van der Waals surface area contributed by atoms with E-state index >= 15 is 0 Å². The van der Waals surface area contributed by atoms with Crippen LogP contribution >= 0.6 is 0 Å². The molecular weight excluding hydrogens is 445 g/mol. The molecule has 1 heterocycles. The molecule has 0 fully saturated rings. The van der Waals surface area contributed by atoms with Gasteiger partial charge in [-0.3, -0.25) is 9.78 Å². The van der Waals surface area contributed by atoms with Crippen molar-refractivity contribution in [3.8, 4) is 5.75 Å². The molecular formula is C24H24FN3O4S. The van der Waals surface area contributed by atoms with Gasteiger partial charge in [0.05, 0.1) is 35.2 Å². The number of rotatable bonds is 9. The first kappa shape index (κ1) is 23.9. The molecule has 0 aliphatic rings. The van der Waals surface area contributed by atoms with Crippen LogP contribution in [0, 0.1) is 5.82 Å². The summed E-state index contributed by atoms with van der Waals surface area (Å²) in [6.07, 6.45) is 6.05. The minimum Gasteiger partial charge on any atom is -0.494 e. The SMILES string of the molecule is COc1ccncc1NC=CCS(=O)(=O)c1ccccc1C(=O)N(C)Cc1ccccc1F. The van der Waals surface area contributed by atoms with Gasteiger partial charge in [0.15, 0.2) is 9.84 Å². The summed E-state index contributed by atoms with van der Waals surface area (Å²) < 4.78 is 45.1. The lowest BCUT2D eigenvalue weighted by atomic mass is 10.1. The molecule has 0 saturated carbocycles. The fraction of sp³-hybridized carbons (Fsp3) is 0.167. The predicted molar refractivity (Wildman–Crippen MR) is 124 cm³/mol. The molecule has 0 radical (unpaired) electrons. The summed E-state index contributed by atoms with van der Waals surface area (Å²) in [5.41, 5.74) is 0.958. The molecule has 1 aromatic heterocycles. The van der Waals surface area contributed by atoms with Crippen molar-refractivity contribution >= 4 is 21.4 Å². The van der Waals surface area contributed by atoms with E-state index in [9.17, 15) is 17.6 Å². The molecule has 7 nitrogen and oxygen atoms in total. The highest BCUT2D eigenvalue weighted by Crippen LogP contribution is 2.22. The first-order valence-corrected chi connectivity index (χ1v) is 11.7. The zero-order valence-electron chi connectivity index (χ0n) is 18.2. The maximum atomic E-state index is 14.0. The zero-order chi connectivity index (χ0) is 23.8. The lowest BCUT2D eigenvalue weighted by Gasteiger charge is -2.19. The number of nitrogens with one attached hydrogen (secondary N) is 1. The molecule has 1 amide bonds. The summed E-state index contributed by atoms with van der Waals surface area (Å²) in [5, 5.41) is 2.93. The van der Waals surface area contributed by atoms with Crippen molar-refractivity contribution in [2.24, 2.45) is 0 Å². The summed E-state index contributed by atoms with van der Waals surface area (Å²) >= 11 is 0. The second kappa shape index (κ2) is 10.7. The van der Waals surface area contributed by atoms with Crippen LogP contribution in [0.2, 0.25) is 0 Å². The van der Waals surface area contributed by atoms with Gasteiger partial charge in [-0.05, 0) is 24.4 Å². The molecule has 2 aromatic carbocycles. The first-order valence-electron chi connectivity index (χ1n) is 10.0. The van der Waals surface area contributed by atoms with Crippen LogP contribution in [0.25, 0.3) is 0 Å². The van der Waals surface area contributed by atoms with Crippen molar-refractivity contribution in [2.75, 3.05) is 25.2 Å². The molecule has 33 heavy (non-hydrogen) atoms. The first-order chi connectivity index (χ1) is 15.8. The molecule has 172 valence electrons. The van der Waals surface area contributed by atoms with Crippen LogP contribution < -0.4 is 10.1 Å². The lowest BCUT2D eigenvalue weighted by molar-refractivity contribution is 0.0780. The van der Waals surface area contributed by atoms with E-state index in [2.05, 4.69) is 10.3 Å². The third kappa shape index (κ3) is 5.95. The second-order valence-electron chi connectivity index (χ2n) is 7.15. The lowest BCUT2D eigenvalue weighted by Crippen LogP contribution is -2.28. The molecule has 0 unspecified atom stereocenters. The van der Waals surface area contributed by atoms with Gasteiger partial charge in [-0.15, -0.1) is 0 Å². The molecule has 1 N–H and O–H groups in total. The second-order valence-corrected chi connectivity index (χ2v) is 9.16. The number of carbonyl (C=O) groups excluding carboxylic acids is 1. The Labute approximate surface area is 192 Å². The van der Waals surface area contributed by atoms with E-state index in [0.717, 1.165) is 0 Å². The van der Waals surface area contributed by atoms with Crippen LogP contribution in [-0.2, 0) is 16.4 Å². The van der Waals surface area contributed by atoms with E-state index < -0.39 is 21.6 Å². The summed E-state index contributed by atoms with van der Waals surface area (Å²) in [6.45, 7) is 0.0106. The third-order valence-electron chi connectivity index (χ3n) is 4.84. The number of amides is 1. The smallest absolute Gasteiger partial charge is 0.255 e. The predicted octanol–water partition coefficient (Wildman–Crippen LogP) is 3.90. The number of sulfone groups is 1. The minimum atomic E-state index is -3.82. The number of nitrogens with zero attached hydrogens (tertiary/aromatic N) is 2. The molecule has 9 heteroatoms. The van der Waals surface area contributed by atoms with E-state index in [4.69, 9.17) is 4.74 Å². The van der Waals surface area contributed by atoms with Crippen molar-refractivity contribution in [2.45, 2.75) is 11.4 Å². The van der Waals surface area contributed by atoms with E-state index in [1.54, 1.807) is 48.8 Å². The van der Waals surface area contributed by atoms with Crippen molar-refractivity contribution in [3.05, 3.63) is 96.2 Å². The van der Waals surface area contributed by atoms with E-state index in [1.807, 2.05) is 0 Å². The quantitative estimate of drug-likeness (QED) is 0.511. The van der Waals surface area contributed by atoms with E-state index in [1.165, 1.54) is 49.5 Å². The van der Waals surface area contributed by atoms with Crippen molar-refractivity contribution in [1.82, 2.24) is 9.88 Å². The van der Waals surface area contributed by atoms with Crippen molar-refractivity contribution < 1.29 is 22.3 Å². The standard InChI is InChI=1S/C24H24FN3O4S/c1-28(17-18-8-3-5-10-20(18)25)24(29)19-9-4-6-11-23(19)33(30,31)15-7-13-27-21-16-26-14-12-22(21)32-2/h3-14,16,27H,15,17H2,1-2H3. The fourth-order valence-electron chi connectivity index (χ4n) is 3.16. The molecule has 0 aliphatic heterocycles. The Balaban J connectivity index is 1.75. The molecule has 3 aromatic rings. The average molecular weight is 470 g/mol. The van der Waals surface area contributed by atoms with Crippen LogP contribution in [-0.4, -0.2) is 44.1 Å². The highest BCUT2D eigenvalue weighted by Gasteiger charge is 2.23. The fourth-order valence-corrected chi connectivity index (χ4v) is 4.46. The van der Waals surface area contributed by atoms with Crippen LogP contribution in [0.3, 0.4) is 0 Å². The van der Waals surface area contributed by atoms with E-state index in [-0.39, 0.29) is 22.8 Å². The average Bonchev–Trinajstić information content (AvgIpc) is 2.83. The van der Waals surface area contributed by atoms with Crippen LogP contribution in [0.1, 0.15) is 15.9 Å². The number of benzene rings is 2. The molecule has 0 spiro atoms. The van der Waals surface area contributed by atoms with Gasteiger partial charge >= 0.3 is 0 Å². The largest absolute Gasteiger partial charge is 0.494 e. The minimum absolute atomic E-state index is 0.0106. The Morgan fingerprint density at radius 2 is 1.88 bits per heavy atom. The summed E-state index contributed by atoms with van der Waals surface area (Å²) in [6, 6.07) is 13.8. The molecule has 0 bridgehead atoms. The highest BCUT2D eigenvalue weighted by molar-refractivity contribution is 7.91. The zero-order valence-corrected chi connectivity index (χ0v) is 19.0. The van der Waals surface area contributed by atoms with Gasteiger partial charge in [0.25, 0.3) is 5.91 Å². The maximum Gasteiger partial charge on any atom is 0.255 e. The van der Waals surface area contributed by atoms with Crippen LogP contribution in [0.15, 0.2) is 84.2 Å². The Bertz CT molecular complexity index is 1260. The topological polar surface area (TPSA) is 88.6 Å². The Morgan fingerprint density at radius 3 is 2.64 bits per heavy atom. The number of aromatic nitrogens is 1. The van der Waals surface area contributed by atoms with Gasteiger partial charge in [0, 0.05) is 31.4 Å². The molecule has 0 atom stereocenters. The van der Waals surface area contributed by atoms with Gasteiger partial charge in [-0.25, -0.2) is 12.8 Å². The van der Waals surface area contributed by atoms with Gasteiger partial charge < -0.3 is 15.0 Å². The van der Waals surface area contributed by atoms with E-state index in [0.29, 0.717) is 17.0 Å². The Hall–Kier alpha value is -3.72. The number of pyridine rings is 1. The van der Waals surface area contributed by atoms with Crippen LogP contribution in [0.4, 0.5) is 10.1 Å². The Kier molecular flexibility index (Phi) is 7.78. The number of hydrogen-bond acceptors (Lipinski definition) is 6. The van der Waals surface area contributed by atoms with Gasteiger partial charge in [0.2, 0.25) is 0 Å². The summed E-state index contributed by atoms with van der Waals surface area (Å²) in [7, 11) is -0.793. The highest BCUT2D eigenvalue weighted by atomic mass is 32.2. The Morgan fingerprint density at radius 1 is 1.15 bits per heavy atom. The van der Waals surface area contributed by atoms with Crippen molar-refractivity contribution in [1.29, 1.82) is 0 Å². The third-order valence-corrected chi connectivity index (χ3v) is 6.50. The van der Waals surface area contributed by atoms with Gasteiger partial charge in [0.1, 0.15) is 11.6 Å². The summed E-state index contributed by atoms with van der Waals surface area (Å²) in [5.74, 6) is -0.712. The number of halogens is 1. The number of hydrogen-bond donors (Lipinski definition) is 1. The maximum absolute atomic E-state index is 14.0. The molecule has 0 saturated heterocycles. The van der Waals surface area contributed by atoms with Gasteiger partial charge in [-0.2, -0.15) is 0 Å². The van der Waals surface area contributed by atoms with Crippen molar-refractivity contribution in [3.63, 3.8) is 0 Å². The van der Waals surface area contributed by atoms with Gasteiger partial charge in [-0.1, -0.05) is 36.4 Å². The molecule has 0 aliphatic carbocycles. The normalized spacial score (nSPS) is 11.4.